The van der Waals surface area contributed by atoms with Gasteiger partial charge in [-0.25, -0.2) is 13.6 Å². The number of rotatable bonds is 2. The predicted octanol–water partition coefficient (Wildman–Crippen LogP) is 2.61. The van der Waals surface area contributed by atoms with Gasteiger partial charge in [-0.2, -0.15) is 0 Å². The number of carboxylic acid groups (broad SMARTS) is 1. The monoisotopic (exact) mass is 257 g/mol. The van der Waals surface area contributed by atoms with Crippen LogP contribution in [0, 0.1) is 11.6 Å². The molecule has 1 N–H and O–H groups in total. The van der Waals surface area contributed by atoms with Crippen molar-refractivity contribution in [1.29, 1.82) is 0 Å². The zero-order valence-corrected chi connectivity index (χ0v) is 9.04. The predicted molar refractivity (Wildman–Crippen MR) is 56.1 cm³/mol. The van der Waals surface area contributed by atoms with E-state index in [0.29, 0.717) is 6.07 Å². The molecule has 4 nitrogen and oxygen atoms in total. The van der Waals surface area contributed by atoms with E-state index in [-0.39, 0.29) is 16.3 Å². The molecular weight excluding hydrogens is 252 g/mol. The Balaban J connectivity index is 2.67. The molecule has 0 spiro atoms. The van der Waals surface area contributed by atoms with E-state index in [4.69, 9.17) is 5.11 Å². The molecule has 0 unspecified atom stereocenters. The Morgan fingerprint density at radius 3 is 2.47 bits per heavy atom. The molecular formula is C10H5F2NO3S. The molecule has 0 bridgehead atoms. The summed E-state index contributed by atoms with van der Waals surface area (Å²) in [6.45, 7) is 0. The van der Waals surface area contributed by atoms with Gasteiger partial charge >= 0.3 is 5.97 Å². The first-order valence-electron chi connectivity index (χ1n) is 4.37. The Bertz CT molecular complexity index is 597. The zero-order valence-electron chi connectivity index (χ0n) is 8.15. The van der Waals surface area contributed by atoms with Gasteiger partial charge in [0.15, 0.2) is 16.7 Å². The van der Waals surface area contributed by atoms with Crippen LogP contribution in [0.25, 0.3) is 11.3 Å². The standard InChI is InChI=1S/C10H5F2NO3S/c11-6-1-4(8-3-9(17)16-13-8)5(10(14)15)2-7(6)12/h1-3,17H,(H,14,15). The van der Waals surface area contributed by atoms with Crippen molar-refractivity contribution in [3.63, 3.8) is 0 Å². The Labute approximate surface area is 99.3 Å². The highest BCUT2D eigenvalue weighted by Gasteiger charge is 2.18. The summed E-state index contributed by atoms with van der Waals surface area (Å²) in [5.41, 5.74) is -0.391. The van der Waals surface area contributed by atoms with Gasteiger partial charge in [-0.05, 0) is 12.1 Å². The van der Waals surface area contributed by atoms with Crippen LogP contribution in [0.15, 0.2) is 27.8 Å². The molecule has 0 amide bonds. The molecule has 0 fully saturated rings. The van der Waals surface area contributed by atoms with E-state index >= 15 is 0 Å². The van der Waals surface area contributed by atoms with Crippen molar-refractivity contribution in [3.8, 4) is 11.3 Å². The summed E-state index contributed by atoms with van der Waals surface area (Å²) in [5, 5.41) is 12.5. The van der Waals surface area contributed by atoms with E-state index in [1.807, 2.05) is 0 Å². The number of nitrogens with zero attached hydrogens (tertiary/aromatic N) is 1. The van der Waals surface area contributed by atoms with Gasteiger partial charge in [0.2, 0.25) is 0 Å². The van der Waals surface area contributed by atoms with Crippen molar-refractivity contribution in [3.05, 3.63) is 35.4 Å². The van der Waals surface area contributed by atoms with Crippen molar-refractivity contribution in [2.75, 3.05) is 0 Å². The second-order valence-electron chi connectivity index (χ2n) is 3.17. The first kappa shape index (κ1) is 11.6. The average molecular weight is 257 g/mol. The highest BCUT2D eigenvalue weighted by atomic mass is 32.1. The fourth-order valence-corrected chi connectivity index (χ4v) is 1.49. The van der Waals surface area contributed by atoms with Gasteiger partial charge in [-0.1, -0.05) is 5.16 Å². The van der Waals surface area contributed by atoms with E-state index < -0.39 is 23.2 Å². The number of carboxylic acids is 1. The van der Waals surface area contributed by atoms with Crippen molar-refractivity contribution in [2.24, 2.45) is 0 Å². The second kappa shape index (κ2) is 4.17. The molecule has 0 saturated carbocycles. The van der Waals surface area contributed by atoms with Gasteiger partial charge in [0.25, 0.3) is 0 Å². The van der Waals surface area contributed by atoms with Gasteiger partial charge < -0.3 is 9.63 Å². The normalized spacial score (nSPS) is 10.5. The smallest absolute Gasteiger partial charge is 0.336 e. The molecule has 2 aromatic rings. The number of carbonyl (C=O) groups is 1. The van der Waals surface area contributed by atoms with Crippen LogP contribution in [0.3, 0.4) is 0 Å². The summed E-state index contributed by atoms with van der Waals surface area (Å²) in [5.74, 6) is -3.78. The summed E-state index contributed by atoms with van der Waals surface area (Å²) in [6.07, 6.45) is 0. The first-order chi connectivity index (χ1) is 7.99. The number of aromatic carboxylic acids is 1. The minimum Gasteiger partial charge on any atom is -0.478 e. The number of hydrogen-bond donors (Lipinski definition) is 2. The third-order valence-corrected chi connectivity index (χ3v) is 2.28. The molecule has 17 heavy (non-hydrogen) atoms. The molecule has 0 aliphatic carbocycles. The van der Waals surface area contributed by atoms with Crippen LogP contribution in [-0.2, 0) is 0 Å². The maximum Gasteiger partial charge on any atom is 0.336 e. The van der Waals surface area contributed by atoms with Gasteiger partial charge in [-0.15, -0.1) is 12.6 Å². The van der Waals surface area contributed by atoms with E-state index in [1.54, 1.807) is 0 Å². The quantitative estimate of drug-likeness (QED) is 0.812. The molecule has 0 atom stereocenters. The van der Waals surface area contributed by atoms with Crippen LogP contribution in [0.2, 0.25) is 0 Å². The van der Waals surface area contributed by atoms with Gasteiger partial charge in [0.05, 0.1) is 5.56 Å². The Hall–Kier alpha value is -1.89. The van der Waals surface area contributed by atoms with Crippen LogP contribution in [-0.4, -0.2) is 16.2 Å². The summed E-state index contributed by atoms with van der Waals surface area (Å²) in [7, 11) is 0. The van der Waals surface area contributed by atoms with Crippen molar-refractivity contribution < 1.29 is 23.2 Å². The van der Waals surface area contributed by atoms with Crippen molar-refractivity contribution in [2.45, 2.75) is 5.09 Å². The van der Waals surface area contributed by atoms with Gasteiger partial charge in [0, 0.05) is 11.6 Å². The lowest BCUT2D eigenvalue weighted by Gasteiger charge is -2.03. The minimum atomic E-state index is -1.39. The van der Waals surface area contributed by atoms with Gasteiger partial charge in [-0.3, -0.25) is 0 Å². The number of hydrogen-bond acceptors (Lipinski definition) is 4. The molecule has 7 heteroatoms. The van der Waals surface area contributed by atoms with Crippen LogP contribution < -0.4 is 0 Å². The molecule has 0 radical (unpaired) electrons. The molecule has 0 aliphatic rings. The number of aromatic nitrogens is 1. The lowest BCUT2D eigenvalue weighted by Crippen LogP contribution is -2.02. The van der Waals surface area contributed by atoms with Crippen molar-refractivity contribution in [1.82, 2.24) is 5.16 Å². The van der Waals surface area contributed by atoms with E-state index in [9.17, 15) is 13.6 Å². The maximum atomic E-state index is 13.1. The molecule has 0 saturated heterocycles. The Morgan fingerprint density at radius 2 is 1.94 bits per heavy atom. The summed E-state index contributed by atoms with van der Waals surface area (Å²) < 4.78 is 30.6. The van der Waals surface area contributed by atoms with E-state index in [0.717, 1.165) is 6.07 Å². The van der Waals surface area contributed by atoms with E-state index in [2.05, 4.69) is 22.3 Å². The lowest BCUT2D eigenvalue weighted by atomic mass is 10.0. The average Bonchev–Trinajstić information content (AvgIpc) is 2.68. The largest absolute Gasteiger partial charge is 0.478 e. The zero-order chi connectivity index (χ0) is 12.6. The molecule has 2 rings (SSSR count). The Morgan fingerprint density at radius 1 is 1.29 bits per heavy atom. The summed E-state index contributed by atoms with van der Waals surface area (Å²) >= 11 is 3.84. The molecule has 88 valence electrons. The number of thiol groups is 1. The SMILES string of the molecule is O=C(O)c1cc(F)c(F)cc1-c1cc(S)on1. The van der Waals surface area contributed by atoms with Crippen LogP contribution in [0.1, 0.15) is 10.4 Å². The lowest BCUT2D eigenvalue weighted by molar-refractivity contribution is 0.0697. The summed E-state index contributed by atoms with van der Waals surface area (Å²) in [6, 6.07) is 2.66. The fraction of sp³-hybridized carbons (Fsp3) is 0. The second-order valence-corrected chi connectivity index (χ2v) is 3.61. The van der Waals surface area contributed by atoms with Gasteiger partial charge in [0.1, 0.15) is 5.69 Å². The van der Waals surface area contributed by atoms with Crippen LogP contribution in [0.5, 0.6) is 0 Å². The number of benzene rings is 1. The Kier molecular flexibility index (Phi) is 2.84. The number of halogens is 2. The highest BCUT2D eigenvalue weighted by molar-refractivity contribution is 7.80. The molecule has 1 aromatic carbocycles. The minimum absolute atomic E-state index is 0.0690. The third kappa shape index (κ3) is 2.14. The topological polar surface area (TPSA) is 63.3 Å². The first-order valence-corrected chi connectivity index (χ1v) is 4.82. The fourth-order valence-electron chi connectivity index (χ4n) is 1.33. The van der Waals surface area contributed by atoms with E-state index in [1.165, 1.54) is 6.07 Å². The van der Waals surface area contributed by atoms with Crippen LogP contribution >= 0.6 is 12.6 Å². The summed E-state index contributed by atoms with van der Waals surface area (Å²) in [4.78, 5) is 10.9. The maximum absolute atomic E-state index is 13.1. The van der Waals surface area contributed by atoms with Crippen LogP contribution in [0.4, 0.5) is 8.78 Å². The molecule has 1 heterocycles. The molecule has 1 aromatic heterocycles. The third-order valence-electron chi connectivity index (χ3n) is 2.06. The highest BCUT2D eigenvalue weighted by Crippen LogP contribution is 2.27. The van der Waals surface area contributed by atoms with Crippen molar-refractivity contribution >= 4 is 18.6 Å². The molecule has 0 aliphatic heterocycles.